The van der Waals surface area contributed by atoms with Gasteiger partial charge < -0.3 is 9.80 Å². The summed E-state index contributed by atoms with van der Waals surface area (Å²) in [5.41, 5.74) is 0. The predicted octanol–water partition coefficient (Wildman–Crippen LogP) is 1.12. The maximum Gasteiger partial charge on any atom is 0.237 e. The molecule has 140 valence electrons. The highest BCUT2D eigenvalue weighted by Crippen LogP contribution is 2.08. The van der Waals surface area contributed by atoms with Gasteiger partial charge in [-0.25, -0.2) is 0 Å². The number of likely N-dealkylation sites (N-methyl/N-ethyl adjacent to an activating group) is 1. The Morgan fingerprint density at radius 3 is 1.50 bits per heavy atom. The zero-order chi connectivity index (χ0) is 18.3. The quantitative estimate of drug-likeness (QED) is 0.664. The van der Waals surface area contributed by atoms with Crippen molar-refractivity contribution in [3.63, 3.8) is 0 Å². The third-order valence-corrected chi connectivity index (χ3v) is 4.70. The molecule has 1 heterocycles. The Hall–Kier alpha value is -1.14. The number of carbonyl (C=O) groups is 2. The van der Waals surface area contributed by atoms with Crippen LogP contribution in [0.15, 0.2) is 0 Å². The van der Waals surface area contributed by atoms with E-state index in [1.165, 1.54) is 0 Å². The third kappa shape index (κ3) is 6.06. The second-order valence-electron chi connectivity index (χ2n) is 7.11. The van der Waals surface area contributed by atoms with Gasteiger partial charge >= 0.3 is 0 Å². The van der Waals surface area contributed by atoms with Crippen molar-refractivity contribution in [2.75, 3.05) is 52.4 Å². The average Bonchev–Trinajstić information content (AvgIpc) is 2.49. The molecule has 0 N–H and O–H groups in total. The predicted molar refractivity (Wildman–Crippen MR) is 97.9 cm³/mol. The molecule has 6 nitrogen and oxygen atoms in total. The largest absolute Gasteiger partial charge is 0.342 e. The van der Waals surface area contributed by atoms with Crippen LogP contribution in [0.4, 0.5) is 0 Å². The van der Waals surface area contributed by atoms with Crippen LogP contribution in [0.2, 0.25) is 0 Å². The maximum atomic E-state index is 12.5. The molecular formula is C18H36N4O2. The molecule has 1 fully saturated rings. The van der Waals surface area contributed by atoms with Crippen LogP contribution in [0, 0.1) is 0 Å². The van der Waals surface area contributed by atoms with Crippen molar-refractivity contribution in [1.82, 2.24) is 19.6 Å². The van der Waals surface area contributed by atoms with Crippen molar-refractivity contribution in [3.05, 3.63) is 0 Å². The van der Waals surface area contributed by atoms with Crippen molar-refractivity contribution >= 4 is 11.8 Å². The lowest BCUT2D eigenvalue weighted by atomic mass is 10.2. The first-order valence-corrected chi connectivity index (χ1v) is 9.33. The SMILES string of the molecule is CCN(CC)C(=O)CN1CCN(CC(=O)N(C(C)C)C(C)C)CC1. The topological polar surface area (TPSA) is 47.1 Å². The van der Waals surface area contributed by atoms with Gasteiger partial charge in [-0.05, 0) is 41.5 Å². The van der Waals surface area contributed by atoms with E-state index in [4.69, 9.17) is 0 Å². The Balaban J connectivity index is 2.43. The summed E-state index contributed by atoms with van der Waals surface area (Å²) in [4.78, 5) is 32.9. The first-order valence-electron chi connectivity index (χ1n) is 9.33. The van der Waals surface area contributed by atoms with Crippen molar-refractivity contribution in [2.45, 2.75) is 53.6 Å². The fraction of sp³-hybridized carbons (Fsp3) is 0.889. The lowest BCUT2D eigenvalue weighted by molar-refractivity contribution is -0.137. The summed E-state index contributed by atoms with van der Waals surface area (Å²) in [7, 11) is 0. The fourth-order valence-electron chi connectivity index (χ4n) is 3.42. The minimum Gasteiger partial charge on any atom is -0.342 e. The van der Waals surface area contributed by atoms with E-state index in [1.807, 2.05) is 23.6 Å². The second-order valence-corrected chi connectivity index (χ2v) is 7.11. The molecule has 1 rings (SSSR count). The molecule has 0 aromatic heterocycles. The van der Waals surface area contributed by atoms with Gasteiger partial charge in [0.15, 0.2) is 0 Å². The summed E-state index contributed by atoms with van der Waals surface area (Å²) in [6.45, 7) is 18.2. The van der Waals surface area contributed by atoms with E-state index in [-0.39, 0.29) is 23.9 Å². The zero-order valence-electron chi connectivity index (χ0n) is 16.4. The van der Waals surface area contributed by atoms with Crippen LogP contribution in [0.25, 0.3) is 0 Å². The van der Waals surface area contributed by atoms with Gasteiger partial charge in [-0.1, -0.05) is 0 Å². The normalized spacial score (nSPS) is 16.7. The molecule has 0 atom stereocenters. The summed E-state index contributed by atoms with van der Waals surface area (Å²) in [5.74, 6) is 0.406. The maximum absolute atomic E-state index is 12.5. The number of hydrogen-bond acceptors (Lipinski definition) is 4. The molecule has 2 amide bonds. The number of amides is 2. The second kappa shape index (κ2) is 9.99. The molecule has 1 aliphatic heterocycles. The highest BCUT2D eigenvalue weighted by Gasteiger charge is 2.25. The lowest BCUT2D eigenvalue weighted by Crippen LogP contribution is -2.53. The first kappa shape index (κ1) is 20.9. The molecule has 0 bridgehead atoms. The van der Waals surface area contributed by atoms with Crippen LogP contribution in [-0.2, 0) is 9.59 Å². The Morgan fingerprint density at radius 2 is 1.17 bits per heavy atom. The highest BCUT2D eigenvalue weighted by molar-refractivity contribution is 5.79. The van der Waals surface area contributed by atoms with E-state index in [1.54, 1.807) is 0 Å². The molecule has 0 saturated carbocycles. The van der Waals surface area contributed by atoms with E-state index >= 15 is 0 Å². The first-order chi connectivity index (χ1) is 11.3. The Morgan fingerprint density at radius 1 is 0.792 bits per heavy atom. The lowest BCUT2D eigenvalue weighted by Gasteiger charge is -2.37. The summed E-state index contributed by atoms with van der Waals surface area (Å²) >= 11 is 0. The van der Waals surface area contributed by atoms with Gasteiger partial charge in [0.25, 0.3) is 0 Å². The smallest absolute Gasteiger partial charge is 0.237 e. The number of rotatable bonds is 8. The number of hydrogen-bond donors (Lipinski definition) is 0. The molecule has 1 saturated heterocycles. The van der Waals surface area contributed by atoms with Crippen LogP contribution in [-0.4, -0.2) is 95.9 Å². The van der Waals surface area contributed by atoms with E-state index in [0.717, 1.165) is 39.3 Å². The Bertz CT molecular complexity index is 392. The molecule has 0 unspecified atom stereocenters. The molecule has 0 aliphatic carbocycles. The van der Waals surface area contributed by atoms with Crippen molar-refractivity contribution in [1.29, 1.82) is 0 Å². The molecule has 1 aliphatic rings. The summed E-state index contributed by atoms with van der Waals surface area (Å²) in [5, 5.41) is 0. The van der Waals surface area contributed by atoms with Gasteiger partial charge in [-0.3, -0.25) is 19.4 Å². The van der Waals surface area contributed by atoms with Gasteiger partial charge in [0.2, 0.25) is 11.8 Å². The molecule has 24 heavy (non-hydrogen) atoms. The number of piperazine rings is 1. The standard InChI is InChI=1S/C18H36N4O2/c1-7-21(8-2)17(23)13-19-9-11-20(12-10-19)14-18(24)22(15(3)4)16(5)6/h15-16H,7-14H2,1-6H3. The van der Waals surface area contributed by atoms with Gasteiger partial charge in [0.1, 0.15) is 0 Å². The fourth-order valence-corrected chi connectivity index (χ4v) is 3.42. The third-order valence-electron chi connectivity index (χ3n) is 4.70. The van der Waals surface area contributed by atoms with E-state index in [0.29, 0.717) is 13.1 Å². The summed E-state index contributed by atoms with van der Waals surface area (Å²) < 4.78 is 0. The Labute approximate surface area is 147 Å². The molecule has 0 aromatic carbocycles. The minimum atomic E-state index is 0.202. The monoisotopic (exact) mass is 340 g/mol. The van der Waals surface area contributed by atoms with E-state index < -0.39 is 0 Å². The molecule has 6 heteroatoms. The van der Waals surface area contributed by atoms with Crippen LogP contribution in [0.1, 0.15) is 41.5 Å². The highest BCUT2D eigenvalue weighted by atomic mass is 16.2. The minimum absolute atomic E-state index is 0.202. The molecule has 0 spiro atoms. The van der Waals surface area contributed by atoms with E-state index in [9.17, 15) is 9.59 Å². The van der Waals surface area contributed by atoms with Gasteiger partial charge in [0, 0.05) is 51.4 Å². The molecule has 0 aromatic rings. The van der Waals surface area contributed by atoms with Crippen LogP contribution < -0.4 is 0 Å². The van der Waals surface area contributed by atoms with Crippen LogP contribution in [0.5, 0.6) is 0 Å². The number of nitrogens with zero attached hydrogens (tertiary/aromatic N) is 4. The number of carbonyl (C=O) groups excluding carboxylic acids is 2. The van der Waals surface area contributed by atoms with Gasteiger partial charge in [0.05, 0.1) is 13.1 Å². The van der Waals surface area contributed by atoms with Gasteiger partial charge in [-0.2, -0.15) is 0 Å². The van der Waals surface area contributed by atoms with Crippen molar-refractivity contribution < 1.29 is 9.59 Å². The Kier molecular flexibility index (Phi) is 8.70. The summed E-state index contributed by atoms with van der Waals surface area (Å²) in [6, 6.07) is 0.455. The molecular weight excluding hydrogens is 304 g/mol. The van der Waals surface area contributed by atoms with E-state index in [2.05, 4.69) is 37.5 Å². The molecule has 0 radical (unpaired) electrons. The van der Waals surface area contributed by atoms with Crippen molar-refractivity contribution in [2.24, 2.45) is 0 Å². The van der Waals surface area contributed by atoms with Crippen LogP contribution >= 0.6 is 0 Å². The van der Waals surface area contributed by atoms with Gasteiger partial charge in [-0.15, -0.1) is 0 Å². The van der Waals surface area contributed by atoms with Crippen LogP contribution in [0.3, 0.4) is 0 Å². The zero-order valence-corrected chi connectivity index (χ0v) is 16.4. The average molecular weight is 341 g/mol. The summed E-state index contributed by atoms with van der Waals surface area (Å²) in [6.07, 6.45) is 0. The van der Waals surface area contributed by atoms with Crippen molar-refractivity contribution in [3.8, 4) is 0 Å².